The molecule has 0 aliphatic carbocycles. The van der Waals surface area contributed by atoms with Gasteiger partial charge in [0.1, 0.15) is 6.04 Å². The Bertz CT molecular complexity index is 672. The first kappa shape index (κ1) is 30.8. The summed E-state index contributed by atoms with van der Waals surface area (Å²) in [6.07, 6.45) is 4.35. The number of nitrogens with one attached hydrogen (secondary N) is 3. The summed E-state index contributed by atoms with van der Waals surface area (Å²) in [5.41, 5.74) is 5.36. The summed E-state index contributed by atoms with van der Waals surface area (Å²) in [6.45, 7) is 10.5. The van der Waals surface area contributed by atoms with Gasteiger partial charge in [-0.15, -0.1) is 0 Å². The Morgan fingerprint density at radius 1 is 1.11 bits per heavy atom. The van der Waals surface area contributed by atoms with E-state index in [9.17, 15) is 19.2 Å². The lowest BCUT2D eigenvalue weighted by Crippen LogP contribution is -2.53. The van der Waals surface area contributed by atoms with Gasteiger partial charge in [0.2, 0.25) is 23.6 Å². The van der Waals surface area contributed by atoms with Crippen molar-refractivity contribution in [1.29, 1.82) is 0 Å². The zero-order valence-electron chi connectivity index (χ0n) is 22.1. The molecule has 1 saturated heterocycles. The highest BCUT2D eigenvalue weighted by molar-refractivity contribution is 5.90. The summed E-state index contributed by atoms with van der Waals surface area (Å²) in [5.74, 6) is -1.48. The Kier molecular flexibility index (Phi) is 15.2. The van der Waals surface area contributed by atoms with Gasteiger partial charge in [-0.2, -0.15) is 0 Å². The van der Waals surface area contributed by atoms with E-state index in [1.165, 1.54) is 11.8 Å². The lowest BCUT2D eigenvalue weighted by Gasteiger charge is -2.28. The zero-order chi connectivity index (χ0) is 26.2. The van der Waals surface area contributed by atoms with Crippen molar-refractivity contribution in [3.05, 3.63) is 0 Å². The maximum absolute atomic E-state index is 13.3. The molecule has 4 amide bonds. The molecule has 11 nitrogen and oxygen atoms in total. The zero-order valence-corrected chi connectivity index (χ0v) is 22.1. The van der Waals surface area contributed by atoms with Gasteiger partial charge in [0, 0.05) is 26.1 Å². The van der Waals surface area contributed by atoms with Crippen molar-refractivity contribution in [2.45, 2.75) is 65.0 Å². The minimum Gasteiger partial charge on any atom is -0.368 e. The summed E-state index contributed by atoms with van der Waals surface area (Å²) in [7, 11) is 2.07. The molecule has 1 aliphatic rings. The highest BCUT2D eigenvalue weighted by Crippen LogP contribution is 2.20. The minimum absolute atomic E-state index is 0.118. The van der Waals surface area contributed by atoms with E-state index in [1.54, 1.807) is 0 Å². The van der Waals surface area contributed by atoms with Gasteiger partial charge in [0.15, 0.2) is 0 Å². The van der Waals surface area contributed by atoms with Crippen LogP contribution in [-0.4, -0.2) is 116 Å². The molecule has 0 spiro atoms. The van der Waals surface area contributed by atoms with Crippen LogP contribution in [0.3, 0.4) is 0 Å². The molecule has 0 radical (unpaired) electrons. The Labute approximate surface area is 210 Å². The fourth-order valence-electron chi connectivity index (χ4n) is 4.42. The third kappa shape index (κ3) is 12.9. The summed E-state index contributed by atoms with van der Waals surface area (Å²) < 4.78 is 0. The molecular weight excluding hydrogens is 450 g/mol. The van der Waals surface area contributed by atoms with Gasteiger partial charge in [-0.3, -0.25) is 19.2 Å². The fourth-order valence-corrected chi connectivity index (χ4v) is 4.42. The Hall–Kier alpha value is -2.24. The van der Waals surface area contributed by atoms with Crippen LogP contribution in [-0.2, 0) is 19.2 Å². The first-order valence-corrected chi connectivity index (χ1v) is 12.9. The molecule has 0 bridgehead atoms. The first-order chi connectivity index (χ1) is 16.7. The first-order valence-electron chi connectivity index (χ1n) is 12.9. The third-order valence-corrected chi connectivity index (χ3v) is 6.52. The van der Waals surface area contributed by atoms with Gasteiger partial charge in [-0.25, -0.2) is 0 Å². The molecule has 0 aromatic carbocycles. The number of likely N-dealkylation sites (tertiary alicyclic amines) is 1. The number of carbonyl (C=O) groups excluding carboxylic acids is 4. The Morgan fingerprint density at radius 3 is 2.40 bits per heavy atom. The monoisotopic (exact) mass is 497 g/mol. The number of primary amides is 1. The summed E-state index contributed by atoms with van der Waals surface area (Å²) >= 11 is 0. The molecule has 5 N–H and O–H groups in total. The van der Waals surface area contributed by atoms with Gasteiger partial charge < -0.3 is 36.4 Å². The predicted molar refractivity (Wildman–Crippen MR) is 137 cm³/mol. The normalized spacial score (nSPS) is 16.8. The van der Waals surface area contributed by atoms with Crippen molar-refractivity contribution < 1.29 is 19.2 Å². The molecular formula is C24H47N7O4. The van der Waals surface area contributed by atoms with Gasteiger partial charge in [-0.1, -0.05) is 13.8 Å². The molecule has 0 saturated carbocycles. The number of nitrogens with zero attached hydrogens (tertiary/aromatic N) is 3. The van der Waals surface area contributed by atoms with E-state index < -0.39 is 11.9 Å². The molecule has 1 heterocycles. The third-order valence-electron chi connectivity index (χ3n) is 6.52. The maximum Gasteiger partial charge on any atom is 0.245 e. The minimum atomic E-state index is -0.759. The average Bonchev–Trinajstić information content (AvgIpc) is 3.22. The number of hydrogen-bond acceptors (Lipinski definition) is 7. The van der Waals surface area contributed by atoms with Crippen LogP contribution in [0.2, 0.25) is 0 Å². The van der Waals surface area contributed by atoms with Gasteiger partial charge in [0.05, 0.1) is 13.1 Å². The average molecular weight is 498 g/mol. The van der Waals surface area contributed by atoms with E-state index in [1.807, 2.05) is 0 Å². The van der Waals surface area contributed by atoms with Crippen molar-refractivity contribution in [3.63, 3.8) is 0 Å². The van der Waals surface area contributed by atoms with E-state index in [2.05, 4.69) is 46.6 Å². The van der Waals surface area contributed by atoms with Crippen LogP contribution in [0.15, 0.2) is 0 Å². The van der Waals surface area contributed by atoms with Crippen LogP contribution in [0.4, 0.5) is 0 Å². The highest BCUT2D eigenvalue weighted by Gasteiger charge is 2.29. The molecule has 11 heteroatoms. The molecule has 0 aromatic heterocycles. The van der Waals surface area contributed by atoms with Crippen molar-refractivity contribution in [2.24, 2.45) is 5.73 Å². The van der Waals surface area contributed by atoms with Crippen LogP contribution in [0.5, 0.6) is 0 Å². The van der Waals surface area contributed by atoms with E-state index in [4.69, 9.17) is 5.73 Å². The second kappa shape index (κ2) is 17.2. The van der Waals surface area contributed by atoms with Crippen molar-refractivity contribution in [3.8, 4) is 0 Å². The predicted octanol–water partition coefficient (Wildman–Crippen LogP) is -0.883. The number of rotatable bonds is 18. The topological polar surface area (TPSA) is 140 Å². The molecule has 1 fully saturated rings. The molecule has 2 atom stereocenters. The highest BCUT2D eigenvalue weighted by atomic mass is 16.2. The van der Waals surface area contributed by atoms with Crippen LogP contribution in [0, 0.1) is 0 Å². The quantitative estimate of drug-likeness (QED) is 0.180. The summed E-state index contributed by atoms with van der Waals surface area (Å²) in [6, 6.07) is -0.393. The van der Waals surface area contributed by atoms with E-state index >= 15 is 0 Å². The van der Waals surface area contributed by atoms with Gasteiger partial charge in [-0.05, 0) is 71.9 Å². The van der Waals surface area contributed by atoms with Gasteiger partial charge in [0.25, 0.3) is 0 Å². The van der Waals surface area contributed by atoms with Crippen LogP contribution in [0.1, 0.15) is 52.9 Å². The lowest BCUT2D eigenvalue weighted by atomic mass is 10.0. The molecule has 1 unspecified atom stereocenters. The van der Waals surface area contributed by atoms with Crippen LogP contribution >= 0.6 is 0 Å². The molecule has 202 valence electrons. The summed E-state index contributed by atoms with van der Waals surface area (Å²) in [5, 5.41) is 8.65. The molecule has 0 aromatic rings. The van der Waals surface area contributed by atoms with Crippen LogP contribution < -0.4 is 21.7 Å². The van der Waals surface area contributed by atoms with E-state index in [-0.39, 0.29) is 43.9 Å². The number of carbonyl (C=O) groups is 4. The molecule has 35 heavy (non-hydrogen) atoms. The van der Waals surface area contributed by atoms with Crippen molar-refractivity contribution in [1.82, 2.24) is 30.7 Å². The summed E-state index contributed by atoms with van der Waals surface area (Å²) in [4.78, 5) is 54.7. The Balaban J connectivity index is 2.72. The van der Waals surface area contributed by atoms with Crippen molar-refractivity contribution >= 4 is 23.6 Å². The molecule has 1 aliphatic heterocycles. The largest absolute Gasteiger partial charge is 0.368 e. The number of nitrogens with two attached hydrogens (primary N) is 1. The van der Waals surface area contributed by atoms with E-state index in [0.717, 1.165) is 51.9 Å². The molecule has 1 rings (SSSR count). The van der Waals surface area contributed by atoms with Gasteiger partial charge >= 0.3 is 0 Å². The second-order valence-corrected chi connectivity index (χ2v) is 9.24. The second-order valence-electron chi connectivity index (χ2n) is 9.24. The fraction of sp³-hybridized carbons (Fsp3) is 0.833. The lowest BCUT2D eigenvalue weighted by molar-refractivity contribution is -0.139. The van der Waals surface area contributed by atoms with E-state index in [0.29, 0.717) is 19.0 Å². The smallest absolute Gasteiger partial charge is 0.245 e. The maximum atomic E-state index is 13.3. The SMILES string of the molecule is CCN(CC)CCCNCC(=O)NC(CC[C@H]1CCCN1C)C(=O)N(CCNC(C)=O)CC(N)=O. The van der Waals surface area contributed by atoms with Crippen LogP contribution in [0.25, 0.3) is 0 Å². The standard InChI is InChI=1S/C24H47N7O4/c1-5-30(6-2)15-8-12-26-17-23(34)28-21(11-10-20-9-7-14-29(20)4)24(35)31(18-22(25)33)16-13-27-19(3)32/h20-21,26H,5-18H2,1-4H3,(H2,25,33)(H,27,32)(H,28,34)/t20-,21?/m1/s1. The number of amides is 4. The number of hydrogen-bond donors (Lipinski definition) is 4. The Morgan fingerprint density at radius 2 is 1.83 bits per heavy atom. The van der Waals surface area contributed by atoms with Crippen molar-refractivity contribution in [2.75, 3.05) is 66.0 Å².